The highest BCUT2D eigenvalue weighted by atomic mass is 32.1. The average Bonchev–Trinajstić information content (AvgIpc) is 2.37. The Hall–Kier alpha value is -0.430. The molecule has 0 radical (unpaired) electrons. The van der Waals surface area contributed by atoms with E-state index in [1.165, 1.54) is 0 Å². The summed E-state index contributed by atoms with van der Waals surface area (Å²) in [5.74, 6) is 0. The molecule has 2 atom stereocenters. The van der Waals surface area contributed by atoms with Crippen LogP contribution in [0.1, 0.15) is 13.8 Å². The average molecular weight is 275 g/mol. The van der Waals surface area contributed by atoms with Crippen LogP contribution in [0.15, 0.2) is 0 Å². The van der Waals surface area contributed by atoms with Crippen molar-refractivity contribution in [3.8, 4) is 0 Å². The van der Waals surface area contributed by atoms with Gasteiger partial charge in [-0.25, -0.2) is 0 Å². The molecule has 0 aliphatic carbocycles. The van der Waals surface area contributed by atoms with E-state index in [1.54, 1.807) is 7.11 Å². The van der Waals surface area contributed by atoms with Crippen molar-refractivity contribution in [2.45, 2.75) is 26.0 Å². The van der Waals surface area contributed by atoms with Gasteiger partial charge in [0.1, 0.15) is 0 Å². The Morgan fingerprint density at radius 3 is 3.06 bits per heavy atom. The van der Waals surface area contributed by atoms with Crippen molar-refractivity contribution < 1.29 is 9.47 Å². The molecule has 0 bridgehead atoms. The third-order valence-electron chi connectivity index (χ3n) is 2.95. The molecule has 1 aliphatic heterocycles. The molecule has 5 nitrogen and oxygen atoms in total. The van der Waals surface area contributed by atoms with E-state index < -0.39 is 0 Å². The molecule has 2 unspecified atom stereocenters. The largest absolute Gasteiger partial charge is 0.383 e. The molecule has 0 aromatic heterocycles. The van der Waals surface area contributed by atoms with Crippen molar-refractivity contribution in [2.75, 3.05) is 46.5 Å². The Kier molecular flexibility index (Phi) is 7.50. The minimum absolute atomic E-state index is 0.217. The molecule has 0 amide bonds. The lowest BCUT2D eigenvalue weighted by Gasteiger charge is -2.32. The van der Waals surface area contributed by atoms with Crippen LogP contribution < -0.4 is 10.6 Å². The smallest absolute Gasteiger partial charge is 0.166 e. The number of nitrogens with zero attached hydrogens (tertiary/aromatic N) is 1. The zero-order valence-electron chi connectivity index (χ0n) is 11.6. The van der Waals surface area contributed by atoms with Gasteiger partial charge in [0.05, 0.1) is 19.3 Å². The summed E-state index contributed by atoms with van der Waals surface area (Å²) in [5.41, 5.74) is 0. The van der Waals surface area contributed by atoms with Gasteiger partial charge in [0.2, 0.25) is 0 Å². The lowest BCUT2D eigenvalue weighted by molar-refractivity contribution is -0.0233. The number of morpholine rings is 1. The summed E-state index contributed by atoms with van der Waals surface area (Å²) in [4.78, 5) is 2.39. The van der Waals surface area contributed by atoms with Gasteiger partial charge >= 0.3 is 0 Å². The molecule has 0 aromatic carbocycles. The molecule has 1 heterocycles. The Balaban J connectivity index is 2.17. The number of thiocarbonyl (C=S) groups is 1. The van der Waals surface area contributed by atoms with Crippen LogP contribution >= 0.6 is 12.2 Å². The highest BCUT2D eigenvalue weighted by Crippen LogP contribution is 2.03. The van der Waals surface area contributed by atoms with E-state index in [0.29, 0.717) is 11.7 Å². The summed E-state index contributed by atoms with van der Waals surface area (Å²) in [6.45, 7) is 9.49. The van der Waals surface area contributed by atoms with Crippen LogP contribution in [0.2, 0.25) is 0 Å². The highest BCUT2D eigenvalue weighted by Gasteiger charge is 2.19. The predicted molar refractivity (Wildman–Crippen MR) is 76.9 cm³/mol. The van der Waals surface area contributed by atoms with Crippen molar-refractivity contribution in [1.82, 2.24) is 15.5 Å². The first-order valence-electron chi connectivity index (χ1n) is 6.53. The van der Waals surface area contributed by atoms with Gasteiger partial charge in [0.15, 0.2) is 5.11 Å². The minimum Gasteiger partial charge on any atom is -0.383 e. The summed E-state index contributed by atoms with van der Waals surface area (Å²) in [7, 11) is 1.68. The van der Waals surface area contributed by atoms with Crippen molar-refractivity contribution in [2.24, 2.45) is 0 Å². The van der Waals surface area contributed by atoms with E-state index in [2.05, 4.69) is 22.5 Å². The Bertz CT molecular complexity index is 253. The van der Waals surface area contributed by atoms with Gasteiger partial charge in [0.25, 0.3) is 0 Å². The third-order valence-corrected chi connectivity index (χ3v) is 3.22. The lowest BCUT2D eigenvalue weighted by Crippen LogP contribution is -2.50. The second-order valence-corrected chi connectivity index (χ2v) is 5.01. The molecule has 2 N–H and O–H groups in total. The van der Waals surface area contributed by atoms with Crippen molar-refractivity contribution in [3.05, 3.63) is 0 Å². The third kappa shape index (κ3) is 5.95. The van der Waals surface area contributed by atoms with Gasteiger partial charge in [-0.15, -0.1) is 0 Å². The van der Waals surface area contributed by atoms with Crippen LogP contribution in [0.5, 0.6) is 0 Å². The molecular formula is C12H25N3O2S. The van der Waals surface area contributed by atoms with Crippen LogP contribution in [0.4, 0.5) is 0 Å². The summed E-state index contributed by atoms with van der Waals surface area (Å²) >= 11 is 5.22. The summed E-state index contributed by atoms with van der Waals surface area (Å²) in [5, 5.41) is 7.03. The monoisotopic (exact) mass is 275 g/mol. The Morgan fingerprint density at radius 2 is 2.39 bits per heavy atom. The molecule has 1 fully saturated rings. The lowest BCUT2D eigenvalue weighted by atomic mass is 10.2. The zero-order valence-corrected chi connectivity index (χ0v) is 12.4. The van der Waals surface area contributed by atoms with E-state index in [0.717, 1.165) is 32.8 Å². The van der Waals surface area contributed by atoms with E-state index in [1.807, 2.05) is 6.92 Å². The first-order chi connectivity index (χ1) is 8.65. The van der Waals surface area contributed by atoms with Crippen molar-refractivity contribution in [3.63, 3.8) is 0 Å². The maximum absolute atomic E-state index is 5.70. The molecule has 6 heteroatoms. The number of methoxy groups -OCH3 is 1. The molecule has 1 saturated heterocycles. The second-order valence-electron chi connectivity index (χ2n) is 4.60. The fourth-order valence-electron chi connectivity index (χ4n) is 1.96. The van der Waals surface area contributed by atoms with E-state index in [9.17, 15) is 0 Å². The Morgan fingerprint density at radius 1 is 1.61 bits per heavy atom. The normalized spacial score (nSPS) is 22.5. The molecular weight excluding hydrogens is 250 g/mol. The zero-order chi connectivity index (χ0) is 13.4. The van der Waals surface area contributed by atoms with Gasteiger partial charge in [-0.3, -0.25) is 4.90 Å². The number of ether oxygens (including phenoxy) is 2. The predicted octanol–water partition coefficient (Wildman–Crippen LogP) is 0.206. The fourth-order valence-corrected chi connectivity index (χ4v) is 2.25. The second kappa shape index (κ2) is 8.63. The van der Waals surface area contributed by atoms with Crippen LogP contribution in [-0.4, -0.2) is 68.7 Å². The maximum Gasteiger partial charge on any atom is 0.166 e. The number of likely N-dealkylation sites (N-methyl/N-ethyl adjacent to an activating group) is 1. The van der Waals surface area contributed by atoms with Crippen molar-refractivity contribution in [1.29, 1.82) is 0 Å². The van der Waals surface area contributed by atoms with Gasteiger partial charge < -0.3 is 20.1 Å². The minimum atomic E-state index is 0.217. The molecule has 106 valence electrons. The summed E-state index contributed by atoms with van der Waals surface area (Å²) in [6, 6.07) is 0.217. The van der Waals surface area contributed by atoms with Gasteiger partial charge in [-0.1, -0.05) is 6.92 Å². The van der Waals surface area contributed by atoms with Gasteiger partial charge in [-0.2, -0.15) is 0 Å². The number of hydrogen-bond donors (Lipinski definition) is 2. The van der Waals surface area contributed by atoms with Crippen molar-refractivity contribution >= 4 is 17.3 Å². The SMILES string of the molecule is CCN1CCOC(CNC(=S)NC(C)COC)C1. The topological polar surface area (TPSA) is 45.8 Å². The molecule has 0 spiro atoms. The van der Waals surface area contributed by atoms with Crippen LogP contribution in [-0.2, 0) is 9.47 Å². The highest BCUT2D eigenvalue weighted by molar-refractivity contribution is 7.80. The summed E-state index contributed by atoms with van der Waals surface area (Å²) < 4.78 is 10.7. The van der Waals surface area contributed by atoms with Crippen LogP contribution in [0, 0.1) is 0 Å². The Labute approximate surface area is 115 Å². The number of hydrogen-bond acceptors (Lipinski definition) is 4. The first kappa shape index (κ1) is 15.6. The molecule has 0 aromatic rings. The molecule has 18 heavy (non-hydrogen) atoms. The van der Waals surface area contributed by atoms with E-state index in [4.69, 9.17) is 21.7 Å². The molecule has 1 aliphatic rings. The summed E-state index contributed by atoms with van der Waals surface area (Å²) in [6.07, 6.45) is 0.219. The maximum atomic E-state index is 5.70. The number of nitrogens with one attached hydrogen (secondary N) is 2. The van der Waals surface area contributed by atoms with Crippen LogP contribution in [0.3, 0.4) is 0 Å². The van der Waals surface area contributed by atoms with Gasteiger partial charge in [-0.05, 0) is 25.7 Å². The standard InChI is InChI=1S/C12H25N3O2S/c1-4-15-5-6-17-11(8-15)7-13-12(18)14-10(2)9-16-3/h10-11H,4-9H2,1-3H3,(H2,13,14,18). The fraction of sp³-hybridized carbons (Fsp3) is 0.917. The first-order valence-corrected chi connectivity index (χ1v) is 6.93. The van der Waals surface area contributed by atoms with Crippen LogP contribution in [0.25, 0.3) is 0 Å². The van der Waals surface area contributed by atoms with E-state index >= 15 is 0 Å². The van der Waals surface area contributed by atoms with E-state index in [-0.39, 0.29) is 12.1 Å². The van der Waals surface area contributed by atoms with Gasteiger partial charge in [0, 0.05) is 32.8 Å². The molecule has 1 rings (SSSR count). The molecule has 0 saturated carbocycles. The quantitative estimate of drug-likeness (QED) is 0.676. The number of rotatable bonds is 6.